The Bertz CT molecular complexity index is 1340. The summed E-state index contributed by atoms with van der Waals surface area (Å²) in [5.74, 6) is -0.513. The number of hydrogen-bond donors (Lipinski definition) is 3. The molecule has 0 radical (unpaired) electrons. The molecule has 0 atom stereocenters. The van der Waals surface area contributed by atoms with Gasteiger partial charge in [-0.3, -0.25) is 14.1 Å². The van der Waals surface area contributed by atoms with Gasteiger partial charge in [0.1, 0.15) is 0 Å². The highest BCUT2D eigenvalue weighted by atomic mass is 31.2. The van der Waals surface area contributed by atoms with Gasteiger partial charge in [0.05, 0.1) is 30.2 Å². The highest BCUT2D eigenvalue weighted by molar-refractivity contribution is 7.46. The number of rotatable bonds is 9. The van der Waals surface area contributed by atoms with Crippen molar-refractivity contribution in [2.24, 2.45) is 10.2 Å². The molecule has 0 aliphatic heterocycles. The number of azo groups is 1. The molecule has 0 heterocycles. The Labute approximate surface area is 200 Å². The third kappa shape index (κ3) is 5.59. The highest BCUT2D eigenvalue weighted by Gasteiger charge is 2.31. The van der Waals surface area contributed by atoms with Crippen LogP contribution in [0.3, 0.4) is 0 Å². The number of nitrogens with zero attached hydrogens (tertiary/aromatic N) is 3. The van der Waals surface area contributed by atoms with Crippen molar-refractivity contribution in [3.63, 3.8) is 0 Å². The highest BCUT2D eigenvalue weighted by Crippen LogP contribution is 2.36. The molecule has 10 nitrogen and oxygen atoms in total. The SMILES string of the molecule is O=C1c2ccccc2C(=O)c2c(/N=N/c3ccc(N(CCO)CCOP(=O)(O)O)cc3)cccc21. The van der Waals surface area contributed by atoms with Gasteiger partial charge in [-0.1, -0.05) is 36.4 Å². The van der Waals surface area contributed by atoms with Gasteiger partial charge in [0.15, 0.2) is 11.6 Å². The Morgan fingerprint density at radius 3 is 2.11 bits per heavy atom. The van der Waals surface area contributed by atoms with E-state index in [1.807, 2.05) is 0 Å². The summed E-state index contributed by atoms with van der Waals surface area (Å²) in [6.45, 7) is 0.00650. The maximum absolute atomic E-state index is 13.1. The van der Waals surface area contributed by atoms with Crippen molar-refractivity contribution in [3.05, 3.63) is 89.0 Å². The van der Waals surface area contributed by atoms with E-state index in [0.29, 0.717) is 22.5 Å². The Hall–Kier alpha value is -3.53. The lowest BCUT2D eigenvalue weighted by molar-refractivity contribution is 0.0979. The fourth-order valence-corrected chi connectivity index (χ4v) is 4.13. The van der Waals surface area contributed by atoms with Crippen molar-refractivity contribution >= 4 is 36.5 Å². The quantitative estimate of drug-likeness (QED) is 0.235. The van der Waals surface area contributed by atoms with E-state index >= 15 is 0 Å². The minimum absolute atomic E-state index is 0.153. The van der Waals surface area contributed by atoms with Gasteiger partial charge in [-0.05, 0) is 30.3 Å². The first kappa shape index (κ1) is 24.6. The molecule has 0 bridgehead atoms. The number of carbonyl (C=O) groups excluding carboxylic acids is 2. The molecule has 0 amide bonds. The smallest absolute Gasteiger partial charge is 0.395 e. The normalized spacial score (nSPS) is 13.1. The van der Waals surface area contributed by atoms with Gasteiger partial charge in [0, 0.05) is 35.5 Å². The lowest BCUT2D eigenvalue weighted by atomic mass is 9.83. The maximum Gasteiger partial charge on any atom is 0.469 e. The molecular formula is C24H22N3O7P. The maximum atomic E-state index is 13.1. The van der Waals surface area contributed by atoms with Crippen molar-refractivity contribution in [1.82, 2.24) is 0 Å². The summed E-state index contributed by atoms with van der Waals surface area (Å²) in [5.41, 5.74) is 2.67. The van der Waals surface area contributed by atoms with Crippen LogP contribution in [0.2, 0.25) is 0 Å². The summed E-state index contributed by atoms with van der Waals surface area (Å²) in [4.78, 5) is 45.3. The molecule has 3 aromatic carbocycles. The average molecular weight is 495 g/mol. The van der Waals surface area contributed by atoms with Crippen LogP contribution in [-0.2, 0) is 9.09 Å². The average Bonchev–Trinajstić information content (AvgIpc) is 2.85. The monoisotopic (exact) mass is 495 g/mol. The van der Waals surface area contributed by atoms with Crippen molar-refractivity contribution < 1.29 is 33.6 Å². The zero-order valence-corrected chi connectivity index (χ0v) is 19.3. The molecule has 3 aromatic rings. The lowest BCUT2D eigenvalue weighted by Crippen LogP contribution is -2.30. The second kappa shape index (κ2) is 10.4. The van der Waals surface area contributed by atoms with Crippen molar-refractivity contribution in [3.8, 4) is 0 Å². The van der Waals surface area contributed by atoms with Crippen LogP contribution in [0.4, 0.5) is 17.1 Å². The van der Waals surface area contributed by atoms with Gasteiger partial charge >= 0.3 is 7.82 Å². The van der Waals surface area contributed by atoms with E-state index in [1.54, 1.807) is 71.6 Å². The van der Waals surface area contributed by atoms with Gasteiger partial charge in [0.2, 0.25) is 0 Å². The molecular weight excluding hydrogens is 473 g/mol. The second-order valence-electron chi connectivity index (χ2n) is 7.65. The second-order valence-corrected chi connectivity index (χ2v) is 8.89. The van der Waals surface area contributed by atoms with Crippen LogP contribution >= 0.6 is 7.82 Å². The van der Waals surface area contributed by atoms with E-state index in [9.17, 15) is 19.3 Å². The number of phosphoric ester groups is 1. The van der Waals surface area contributed by atoms with Crippen LogP contribution in [0.15, 0.2) is 77.0 Å². The van der Waals surface area contributed by atoms with E-state index in [4.69, 9.17) is 9.79 Å². The van der Waals surface area contributed by atoms with E-state index in [0.717, 1.165) is 0 Å². The topological polar surface area (TPSA) is 149 Å². The number of aliphatic hydroxyl groups excluding tert-OH is 1. The van der Waals surface area contributed by atoms with Crippen molar-refractivity contribution in [1.29, 1.82) is 0 Å². The molecule has 180 valence electrons. The molecule has 3 N–H and O–H groups in total. The molecule has 1 aliphatic carbocycles. The summed E-state index contributed by atoms with van der Waals surface area (Å²) >= 11 is 0. The molecule has 0 saturated carbocycles. The first-order chi connectivity index (χ1) is 16.8. The number of benzene rings is 3. The minimum Gasteiger partial charge on any atom is -0.395 e. The molecule has 0 saturated heterocycles. The van der Waals surface area contributed by atoms with Gasteiger partial charge in [0.25, 0.3) is 0 Å². The Morgan fingerprint density at radius 2 is 1.46 bits per heavy atom. The van der Waals surface area contributed by atoms with Crippen LogP contribution in [0.1, 0.15) is 31.8 Å². The molecule has 0 aromatic heterocycles. The zero-order chi connectivity index (χ0) is 25.0. The van der Waals surface area contributed by atoms with Gasteiger partial charge in [-0.2, -0.15) is 5.11 Å². The van der Waals surface area contributed by atoms with Gasteiger partial charge in [-0.15, -0.1) is 5.11 Å². The summed E-state index contributed by atoms with van der Waals surface area (Å²) < 4.78 is 15.4. The number of fused-ring (bicyclic) bond motifs is 2. The fourth-order valence-electron chi connectivity index (χ4n) is 3.81. The number of phosphoric acid groups is 1. The van der Waals surface area contributed by atoms with Crippen molar-refractivity contribution in [2.75, 3.05) is 31.2 Å². The first-order valence-corrected chi connectivity index (χ1v) is 12.2. The van der Waals surface area contributed by atoms with E-state index in [2.05, 4.69) is 14.8 Å². The van der Waals surface area contributed by atoms with Gasteiger partial charge in [-0.25, -0.2) is 4.57 Å². The summed E-state index contributed by atoms with van der Waals surface area (Å²) in [7, 11) is -4.58. The molecule has 35 heavy (non-hydrogen) atoms. The number of hydrogen-bond acceptors (Lipinski definition) is 8. The molecule has 11 heteroatoms. The lowest BCUT2D eigenvalue weighted by Gasteiger charge is -2.23. The Morgan fingerprint density at radius 1 is 0.800 bits per heavy atom. The van der Waals surface area contributed by atoms with E-state index in [-0.39, 0.29) is 54.7 Å². The van der Waals surface area contributed by atoms with Crippen LogP contribution in [0.25, 0.3) is 0 Å². The summed E-state index contributed by atoms with van der Waals surface area (Å²) in [6.07, 6.45) is 0. The predicted octanol–water partition coefficient (Wildman–Crippen LogP) is 3.79. The fraction of sp³-hybridized carbons (Fsp3) is 0.167. The van der Waals surface area contributed by atoms with Crippen LogP contribution in [-0.4, -0.2) is 52.8 Å². The molecule has 0 fully saturated rings. The zero-order valence-electron chi connectivity index (χ0n) is 18.4. The van der Waals surface area contributed by atoms with Crippen LogP contribution in [0, 0.1) is 0 Å². The van der Waals surface area contributed by atoms with Crippen LogP contribution in [0.5, 0.6) is 0 Å². The first-order valence-electron chi connectivity index (χ1n) is 10.7. The third-order valence-electron chi connectivity index (χ3n) is 5.41. The number of ketones is 2. The number of aliphatic hydroxyl groups is 1. The van der Waals surface area contributed by atoms with Crippen molar-refractivity contribution in [2.45, 2.75) is 0 Å². The molecule has 0 unspecified atom stereocenters. The predicted molar refractivity (Wildman–Crippen MR) is 128 cm³/mol. The minimum atomic E-state index is -4.58. The van der Waals surface area contributed by atoms with E-state index < -0.39 is 7.82 Å². The third-order valence-corrected chi connectivity index (χ3v) is 5.93. The molecule has 4 rings (SSSR count). The Kier molecular flexibility index (Phi) is 7.30. The van der Waals surface area contributed by atoms with Crippen LogP contribution < -0.4 is 4.90 Å². The summed E-state index contributed by atoms with van der Waals surface area (Å²) in [5, 5.41) is 17.7. The standard InChI is InChI=1S/C24H22N3O7P/c28-14-12-27(13-15-34-35(31,32)33)17-10-8-16(9-11-17)25-26-21-7-3-6-20-22(21)24(30)19-5-2-1-4-18(19)23(20)29/h1-11,28H,12-15H2,(H2,31,32,33)/b26-25+. The van der Waals surface area contributed by atoms with Gasteiger partial charge < -0.3 is 19.8 Å². The largest absolute Gasteiger partial charge is 0.469 e. The number of anilines is 1. The van der Waals surface area contributed by atoms with E-state index in [1.165, 1.54) is 0 Å². The molecule has 1 aliphatic rings. The molecule has 0 spiro atoms. The Balaban J connectivity index is 1.54. The number of carbonyl (C=O) groups is 2. The summed E-state index contributed by atoms with van der Waals surface area (Å²) in [6, 6.07) is 18.3.